The van der Waals surface area contributed by atoms with Crippen LogP contribution in [0.15, 0.2) is 0 Å². The second-order valence-corrected chi connectivity index (χ2v) is 16.5. The molecule has 0 aromatic rings. The normalized spacial score (nSPS) is 60.2. The van der Waals surface area contributed by atoms with E-state index in [1.807, 2.05) is 0 Å². The van der Waals surface area contributed by atoms with E-state index in [4.69, 9.17) is 4.74 Å². The highest BCUT2D eigenvalue weighted by atomic mass is 16.5. The van der Waals surface area contributed by atoms with Crippen LogP contribution in [-0.2, 0) is 4.74 Å². The van der Waals surface area contributed by atoms with Gasteiger partial charge in [0.05, 0.1) is 23.9 Å². The zero-order valence-electron chi connectivity index (χ0n) is 23.3. The van der Waals surface area contributed by atoms with E-state index in [-0.39, 0.29) is 51.5 Å². The van der Waals surface area contributed by atoms with Crippen LogP contribution in [0.1, 0.15) is 120 Å². The maximum absolute atomic E-state index is 11.8. The Morgan fingerprint density at radius 1 is 0.735 bits per heavy atom. The minimum absolute atomic E-state index is 0.0409. The number of ether oxygens (including phenoxy) is 1. The van der Waals surface area contributed by atoms with Gasteiger partial charge in [-0.3, -0.25) is 0 Å². The van der Waals surface area contributed by atoms with Gasteiger partial charge in [0.1, 0.15) is 0 Å². The molecule has 34 heavy (non-hydrogen) atoms. The number of rotatable bonds is 1. The summed E-state index contributed by atoms with van der Waals surface area (Å²) in [5, 5.41) is 22.7. The van der Waals surface area contributed by atoms with Crippen LogP contribution in [-0.4, -0.2) is 34.1 Å². The lowest BCUT2D eigenvalue weighted by Gasteiger charge is -2.63. The maximum Gasteiger partial charge on any atom is 0.0717 e. The molecule has 0 aromatic heterocycles. The lowest BCUT2D eigenvalue weighted by Crippen LogP contribution is -2.59. The third-order valence-electron chi connectivity index (χ3n) is 14.0. The van der Waals surface area contributed by atoms with Gasteiger partial charge in [-0.1, -0.05) is 48.5 Å². The molecule has 0 aromatic carbocycles. The molecule has 1 saturated heterocycles. The summed E-state index contributed by atoms with van der Waals surface area (Å²) in [4.78, 5) is 0. The molecule has 6 fully saturated rings. The van der Waals surface area contributed by atoms with Gasteiger partial charge in [-0.15, -0.1) is 0 Å². The van der Waals surface area contributed by atoms with Crippen molar-refractivity contribution in [2.45, 2.75) is 144 Å². The zero-order chi connectivity index (χ0) is 24.7. The molecule has 5 aliphatic carbocycles. The summed E-state index contributed by atoms with van der Waals surface area (Å²) < 4.78 is 6.93. The first kappa shape index (κ1) is 24.2. The van der Waals surface area contributed by atoms with E-state index in [0.717, 1.165) is 25.7 Å². The average Bonchev–Trinajstić information content (AvgIpc) is 3.11. The highest BCUT2D eigenvalue weighted by Gasteiger charge is 2.83. The molecule has 11 atom stereocenters. The Kier molecular flexibility index (Phi) is 4.74. The molecular weight excluding hydrogens is 420 g/mol. The fraction of sp³-hybridized carbons (Fsp3) is 1.00. The van der Waals surface area contributed by atoms with Crippen molar-refractivity contribution in [2.75, 3.05) is 0 Å². The van der Waals surface area contributed by atoms with Crippen LogP contribution in [0, 0.1) is 50.2 Å². The van der Waals surface area contributed by atoms with E-state index in [1.54, 1.807) is 0 Å². The van der Waals surface area contributed by atoms with E-state index in [2.05, 4.69) is 55.4 Å². The summed E-state index contributed by atoms with van der Waals surface area (Å²) in [7, 11) is 0. The zero-order valence-corrected chi connectivity index (χ0v) is 23.3. The second-order valence-electron chi connectivity index (χ2n) is 16.5. The van der Waals surface area contributed by atoms with Crippen molar-refractivity contribution in [3.8, 4) is 0 Å². The van der Waals surface area contributed by atoms with Crippen molar-refractivity contribution in [1.82, 2.24) is 0 Å². The van der Waals surface area contributed by atoms with Crippen molar-refractivity contribution in [1.29, 1.82) is 0 Å². The average molecular weight is 473 g/mol. The summed E-state index contributed by atoms with van der Waals surface area (Å²) in [6.07, 6.45) is 11.7. The molecule has 2 spiro atoms. The van der Waals surface area contributed by atoms with Gasteiger partial charge in [0, 0.05) is 5.92 Å². The second kappa shape index (κ2) is 6.65. The summed E-state index contributed by atoms with van der Waals surface area (Å²) >= 11 is 0. The summed E-state index contributed by atoms with van der Waals surface area (Å²) in [6.45, 7) is 19.1. The first-order valence-electron chi connectivity index (χ1n) is 14.6. The Bertz CT molecular complexity index is 874. The first-order valence-corrected chi connectivity index (χ1v) is 14.6. The van der Waals surface area contributed by atoms with Crippen molar-refractivity contribution in [3.63, 3.8) is 0 Å². The Balaban J connectivity index is 1.34. The number of aliphatic hydroxyl groups is 2. The van der Waals surface area contributed by atoms with Gasteiger partial charge < -0.3 is 14.9 Å². The Labute approximate surface area is 208 Å². The van der Waals surface area contributed by atoms with Crippen LogP contribution in [0.4, 0.5) is 0 Å². The third-order valence-corrected chi connectivity index (χ3v) is 14.0. The topological polar surface area (TPSA) is 49.7 Å². The van der Waals surface area contributed by atoms with Gasteiger partial charge in [0.2, 0.25) is 0 Å². The highest BCUT2D eigenvalue weighted by Crippen LogP contribution is 2.89. The van der Waals surface area contributed by atoms with Crippen LogP contribution in [0.3, 0.4) is 0 Å². The molecule has 0 radical (unpaired) electrons. The van der Waals surface area contributed by atoms with Crippen molar-refractivity contribution in [2.24, 2.45) is 50.2 Å². The van der Waals surface area contributed by atoms with Crippen molar-refractivity contribution < 1.29 is 14.9 Å². The molecule has 1 heterocycles. The third kappa shape index (κ3) is 2.61. The molecule has 0 amide bonds. The van der Waals surface area contributed by atoms with E-state index >= 15 is 0 Å². The minimum atomic E-state index is -0.258. The number of fused-ring (bicyclic) bond motifs is 2. The molecular formula is C31H52O3. The molecule has 4 unspecified atom stereocenters. The molecule has 2 N–H and O–H groups in total. The largest absolute Gasteiger partial charge is 0.393 e. The van der Waals surface area contributed by atoms with Crippen LogP contribution < -0.4 is 0 Å². The van der Waals surface area contributed by atoms with Crippen LogP contribution in [0.2, 0.25) is 0 Å². The predicted octanol–water partition coefficient (Wildman–Crippen LogP) is 6.74. The molecule has 1 aliphatic heterocycles. The maximum atomic E-state index is 11.8. The van der Waals surface area contributed by atoms with Gasteiger partial charge in [-0.2, -0.15) is 0 Å². The molecule has 0 bridgehead atoms. The fourth-order valence-corrected chi connectivity index (χ4v) is 12.2. The van der Waals surface area contributed by atoms with Gasteiger partial charge in [0.15, 0.2) is 0 Å². The van der Waals surface area contributed by atoms with Gasteiger partial charge in [-0.05, 0) is 115 Å². The smallest absolute Gasteiger partial charge is 0.0717 e. The van der Waals surface area contributed by atoms with Gasteiger partial charge in [0.25, 0.3) is 0 Å². The summed E-state index contributed by atoms with van der Waals surface area (Å²) in [5.41, 5.74) is 1.20. The van der Waals surface area contributed by atoms with Crippen LogP contribution in [0.25, 0.3) is 0 Å². The van der Waals surface area contributed by atoms with Crippen LogP contribution >= 0.6 is 0 Å². The molecule has 3 heteroatoms. The quantitative estimate of drug-likeness (QED) is 0.444. The first-order chi connectivity index (χ1) is 15.6. The highest BCUT2D eigenvalue weighted by molar-refractivity contribution is 5.31. The minimum Gasteiger partial charge on any atom is -0.393 e. The summed E-state index contributed by atoms with van der Waals surface area (Å²) in [5.74, 6) is 1.61. The Hall–Kier alpha value is -0.120. The SMILES string of the molecule is CC1(C2[C@@H](O)C[C@@]3(C)C4CCC5C(C)(C)[C@@H](O)CC[C@@]56C[C@@]46CC[C@]23C)CC[C@H](C(C)(C)C)O1. The van der Waals surface area contributed by atoms with Crippen molar-refractivity contribution >= 4 is 0 Å². The predicted molar refractivity (Wildman–Crippen MR) is 136 cm³/mol. The number of aliphatic hydroxyl groups excluding tert-OH is 2. The molecule has 5 saturated carbocycles. The monoisotopic (exact) mass is 472 g/mol. The van der Waals surface area contributed by atoms with E-state index in [1.165, 1.54) is 38.5 Å². The van der Waals surface area contributed by atoms with Crippen LogP contribution in [0.5, 0.6) is 0 Å². The lowest BCUT2D eigenvalue weighted by molar-refractivity contribution is -0.189. The Morgan fingerprint density at radius 3 is 2.03 bits per heavy atom. The molecule has 6 rings (SSSR count). The van der Waals surface area contributed by atoms with E-state index < -0.39 is 0 Å². The van der Waals surface area contributed by atoms with E-state index in [0.29, 0.717) is 22.7 Å². The van der Waals surface area contributed by atoms with E-state index in [9.17, 15) is 10.2 Å². The number of hydrogen-bond donors (Lipinski definition) is 2. The lowest BCUT2D eigenvalue weighted by atomic mass is 9.41. The summed E-state index contributed by atoms with van der Waals surface area (Å²) in [6, 6.07) is 0. The molecule has 6 aliphatic rings. The van der Waals surface area contributed by atoms with Gasteiger partial charge >= 0.3 is 0 Å². The fourth-order valence-electron chi connectivity index (χ4n) is 12.2. The molecule has 194 valence electrons. The number of hydrogen-bond acceptors (Lipinski definition) is 3. The Morgan fingerprint density at radius 2 is 1.38 bits per heavy atom. The standard InChI is InChI=1S/C31H52O3/c1-25(2,3)23-12-13-29(8,34-23)24-19(32)17-28(7)21-10-9-20-26(4,5)22(33)11-14-30(20)18-31(21,30)16-15-27(24,28)6/h19-24,32-33H,9-18H2,1-8H3/t19-,20?,21?,22-,23+,24?,27+,28-,29?,30+,31-/m0/s1. The van der Waals surface area contributed by atoms with Gasteiger partial charge in [-0.25, -0.2) is 0 Å². The molecule has 3 nitrogen and oxygen atoms in total. The van der Waals surface area contributed by atoms with Crippen molar-refractivity contribution in [3.05, 3.63) is 0 Å².